The summed E-state index contributed by atoms with van der Waals surface area (Å²) in [6.45, 7) is 1.00. The summed E-state index contributed by atoms with van der Waals surface area (Å²) in [5, 5.41) is 10.6. The van der Waals surface area contributed by atoms with Crippen molar-refractivity contribution in [1.29, 1.82) is 0 Å². The fourth-order valence-corrected chi connectivity index (χ4v) is 4.09. The Morgan fingerprint density at radius 1 is 1.11 bits per heavy atom. The van der Waals surface area contributed by atoms with Crippen LogP contribution < -0.4 is 9.64 Å². The highest BCUT2D eigenvalue weighted by Crippen LogP contribution is 2.49. The normalized spacial score (nSPS) is 28.8. The second-order valence-electron chi connectivity index (χ2n) is 7.50. The molecule has 0 atom stereocenters. The van der Waals surface area contributed by atoms with Gasteiger partial charge in [-0.3, -0.25) is 4.79 Å². The average Bonchev–Trinajstić information content (AvgIpc) is 2.93. The number of hydrogen-bond acceptors (Lipinski definition) is 4. The minimum absolute atomic E-state index is 0.0132. The molecule has 3 rings (SSSR count). The molecule has 1 aliphatic heterocycles. The Balaban J connectivity index is 1.65. The van der Waals surface area contributed by atoms with Crippen LogP contribution in [0.1, 0.15) is 38.5 Å². The first kappa shape index (κ1) is 19.9. The molecule has 0 aromatic heterocycles. The number of alkyl halides is 3. The van der Waals surface area contributed by atoms with Crippen molar-refractivity contribution in [2.24, 2.45) is 5.41 Å². The molecule has 0 radical (unpaired) electrons. The Labute approximate surface area is 156 Å². The summed E-state index contributed by atoms with van der Waals surface area (Å²) in [7, 11) is 1.59. The number of halogens is 3. The monoisotopic (exact) mass is 387 g/mol. The van der Waals surface area contributed by atoms with E-state index in [1.807, 2.05) is 0 Å². The minimum Gasteiger partial charge on any atom is -0.406 e. The molecule has 0 unspecified atom stereocenters. The molecular weight excluding hydrogens is 363 g/mol. The average molecular weight is 387 g/mol. The Morgan fingerprint density at radius 2 is 1.74 bits per heavy atom. The van der Waals surface area contributed by atoms with E-state index >= 15 is 0 Å². The quantitative estimate of drug-likeness (QED) is 0.838. The molecule has 1 aromatic rings. The maximum atomic E-state index is 13.0. The van der Waals surface area contributed by atoms with Crippen LogP contribution in [-0.2, 0) is 9.53 Å². The molecule has 1 N–H and O–H groups in total. The van der Waals surface area contributed by atoms with E-state index in [4.69, 9.17) is 4.74 Å². The van der Waals surface area contributed by atoms with Gasteiger partial charge in [0, 0.05) is 25.9 Å². The number of anilines is 1. The predicted octanol–water partition coefficient (Wildman–Crippen LogP) is 3.65. The molecule has 1 aliphatic carbocycles. The minimum atomic E-state index is -4.74. The van der Waals surface area contributed by atoms with Gasteiger partial charge in [-0.15, -0.1) is 13.2 Å². The van der Waals surface area contributed by atoms with Gasteiger partial charge in [0.25, 0.3) is 0 Å². The largest absolute Gasteiger partial charge is 0.573 e. The zero-order chi connectivity index (χ0) is 19.7. The highest BCUT2D eigenvalue weighted by atomic mass is 19.4. The predicted molar refractivity (Wildman–Crippen MR) is 92.4 cm³/mol. The molecule has 8 heteroatoms. The molecule has 1 amide bonds. The summed E-state index contributed by atoms with van der Waals surface area (Å²) >= 11 is 0. The summed E-state index contributed by atoms with van der Waals surface area (Å²) in [6, 6.07) is 5.36. The van der Waals surface area contributed by atoms with Crippen molar-refractivity contribution < 1.29 is 32.5 Å². The standard InChI is InChI=1S/C19H24F3NO4/c1-26-13-11-18(25)8-6-17(7-9-18)10-12-23(16(17)24)14-2-4-15(5-3-14)27-19(20,21)22/h2-5,25H,6-13H2,1H3. The fourth-order valence-electron chi connectivity index (χ4n) is 4.09. The van der Waals surface area contributed by atoms with Crippen LogP contribution in [0.2, 0.25) is 0 Å². The van der Waals surface area contributed by atoms with E-state index in [2.05, 4.69) is 4.74 Å². The highest BCUT2D eigenvalue weighted by Gasteiger charge is 2.51. The first-order valence-corrected chi connectivity index (χ1v) is 9.06. The van der Waals surface area contributed by atoms with Gasteiger partial charge in [0.1, 0.15) is 5.75 Å². The third-order valence-corrected chi connectivity index (χ3v) is 5.80. The van der Waals surface area contributed by atoms with Crippen molar-refractivity contribution in [3.05, 3.63) is 24.3 Å². The van der Waals surface area contributed by atoms with Crippen molar-refractivity contribution >= 4 is 11.6 Å². The summed E-state index contributed by atoms with van der Waals surface area (Å²) in [6.07, 6.45) is -1.18. The lowest BCUT2D eigenvalue weighted by Crippen LogP contribution is -2.44. The molecule has 2 fully saturated rings. The van der Waals surface area contributed by atoms with Crippen molar-refractivity contribution in [3.8, 4) is 5.75 Å². The second-order valence-corrected chi connectivity index (χ2v) is 7.50. The van der Waals surface area contributed by atoms with Crippen molar-refractivity contribution in [2.75, 3.05) is 25.2 Å². The maximum Gasteiger partial charge on any atom is 0.573 e. The van der Waals surface area contributed by atoms with Gasteiger partial charge < -0.3 is 19.5 Å². The van der Waals surface area contributed by atoms with Crippen LogP contribution in [-0.4, -0.2) is 43.2 Å². The maximum absolute atomic E-state index is 13.0. The third kappa shape index (κ3) is 4.38. The first-order chi connectivity index (χ1) is 12.7. The Kier molecular flexibility index (Phi) is 5.40. The lowest BCUT2D eigenvalue weighted by molar-refractivity contribution is -0.274. The molecule has 1 spiro atoms. The van der Waals surface area contributed by atoms with Crippen LogP contribution in [0.25, 0.3) is 0 Å². The topological polar surface area (TPSA) is 59.0 Å². The summed E-state index contributed by atoms with van der Waals surface area (Å²) in [5.41, 5.74) is -0.710. The van der Waals surface area contributed by atoms with Gasteiger partial charge in [0.15, 0.2) is 0 Å². The summed E-state index contributed by atoms with van der Waals surface area (Å²) < 4.78 is 45.7. The van der Waals surface area contributed by atoms with Crippen LogP contribution in [0.5, 0.6) is 5.75 Å². The number of rotatable bonds is 5. The Bertz CT molecular complexity index is 667. The van der Waals surface area contributed by atoms with Crippen molar-refractivity contribution in [3.63, 3.8) is 0 Å². The SMILES string of the molecule is COCCC1(O)CCC2(CCN(c3ccc(OC(F)(F)F)cc3)C2=O)CC1. The molecule has 0 bridgehead atoms. The van der Waals surface area contributed by atoms with E-state index in [1.165, 1.54) is 24.3 Å². The number of methoxy groups -OCH3 is 1. The van der Waals surface area contributed by atoms with E-state index < -0.39 is 17.4 Å². The number of amides is 1. The van der Waals surface area contributed by atoms with E-state index in [0.29, 0.717) is 57.4 Å². The van der Waals surface area contributed by atoms with Crippen LogP contribution in [0.4, 0.5) is 18.9 Å². The molecule has 27 heavy (non-hydrogen) atoms. The van der Waals surface area contributed by atoms with Gasteiger partial charge in [-0.25, -0.2) is 0 Å². The number of carbonyl (C=O) groups is 1. The summed E-state index contributed by atoms with van der Waals surface area (Å²) in [4.78, 5) is 14.7. The van der Waals surface area contributed by atoms with Crippen molar-refractivity contribution in [1.82, 2.24) is 0 Å². The molecule has 150 valence electrons. The van der Waals surface area contributed by atoms with Crippen molar-refractivity contribution in [2.45, 2.75) is 50.5 Å². The molecular formula is C19H24F3NO4. The van der Waals surface area contributed by atoms with Gasteiger partial charge in [-0.2, -0.15) is 0 Å². The number of aliphatic hydroxyl groups is 1. The van der Waals surface area contributed by atoms with Crippen LogP contribution in [0, 0.1) is 5.41 Å². The summed E-state index contributed by atoms with van der Waals surface area (Å²) in [5.74, 6) is -0.325. The van der Waals surface area contributed by atoms with Gasteiger partial charge >= 0.3 is 6.36 Å². The third-order valence-electron chi connectivity index (χ3n) is 5.80. The van der Waals surface area contributed by atoms with Gasteiger partial charge in [-0.1, -0.05) is 0 Å². The molecule has 1 saturated heterocycles. The lowest BCUT2D eigenvalue weighted by Gasteiger charge is -2.40. The number of ether oxygens (including phenoxy) is 2. The van der Waals surface area contributed by atoms with Crippen LogP contribution in [0.3, 0.4) is 0 Å². The van der Waals surface area contributed by atoms with Crippen LogP contribution in [0.15, 0.2) is 24.3 Å². The van der Waals surface area contributed by atoms with E-state index in [-0.39, 0.29) is 11.7 Å². The number of carbonyl (C=O) groups excluding carboxylic acids is 1. The van der Waals surface area contributed by atoms with E-state index in [1.54, 1.807) is 12.0 Å². The number of hydrogen-bond donors (Lipinski definition) is 1. The molecule has 1 aromatic carbocycles. The lowest BCUT2D eigenvalue weighted by atomic mass is 9.67. The van der Waals surface area contributed by atoms with E-state index in [9.17, 15) is 23.1 Å². The van der Waals surface area contributed by atoms with Gasteiger partial charge in [-0.05, 0) is 62.8 Å². The number of nitrogens with zero attached hydrogens (tertiary/aromatic N) is 1. The smallest absolute Gasteiger partial charge is 0.406 e. The molecule has 2 aliphatic rings. The van der Waals surface area contributed by atoms with Gasteiger partial charge in [0.2, 0.25) is 5.91 Å². The van der Waals surface area contributed by atoms with Crippen LogP contribution >= 0.6 is 0 Å². The number of benzene rings is 1. The second kappa shape index (κ2) is 7.31. The fraction of sp³-hybridized carbons (Fsp3) is 0.632. The molecule has 1 saturated carbocycles. The molecule has 5 nitrogen and oxygen atoms in total. The first-order valence-electron chi connectivity index (χ1n) is 9.06. The van der Waals surface area contributed by atoms with Gasteiger partial charge in [0.05, 0.1) is 11.0 Å². The Hall–Kier alpha value is -1.80. The zero-order valence-corrected chi connectivity index (χ0v) is 15.2. The highest BCUT2D eigenvalue weighted by molar-refractivity contribution is 6.00. The zero-order valence-electron chi connectivity index (χ0n) is 15.2. The molecule has 1 heterocycles. The van der Waals surface area contributed by atoms with E-state index in [0.717, 1.165) is 0 Å². The Morgan fingerprint density at radius 3 is 2.30 bits per heavy atom.